The van der Waals surface area contributed by atoms with E-state index in [0.29, 0.717) is 0 Å². The fourth-order valence-electron chi connectivity index (χ4n) is 1.70. The minimum Gasteiger partial charge on any atom is -0.496 e. The summed E-state index contributed by atoms with van der Waals surface area (Å²) < 4.78 is 18.3. The third-order valence-electron chi connectivity index (χ3n) is 2.40. The Kier molecular flexibility index (Phi) is 4.40. The molecule has 0 spiro atoms. The van der Waals surface area contributed by atoms with Gasteiger partial charge in [0.1, 0.15) is 11.6 Å². The second-order valence-corrected chi connectivity index (χ2v) is 4.55. The van der Waals surface area contributed by atoms with Gasteiger partial charge in [-0.3, -0.25) is 0 Å². The molecule has 2 unspecified atom stereocenters. The molecule has 1 nitrogen and oxygen atoms in total. The van der Waals surface area contributed by atoms with Gasteiger partial charge in [-0.1, -0.05) is 6.92 Å². The SMILES string of the molecule is COc1ccc(F)cc1C(C)CC(C)Cl. The van der Waals surface area contributed by atoms with Crippen LogP contribution in [0.2, 0.25) is 0 Å². The lowest BCUT2D eigenvalue weighted by molar-refractivity contribution is 0.403. The van der Waals surface area contributed by atoms with Crippen molar-refractivity contribution in [2.24, 2.45) is 0 Å². The van der Waals surface area contributed by atoms with Crippen LogP contribution >= 0.6 is 11.6 Å². The lowest BCUT2D eigenvalue weighted by Gasteiger charge is -2.16. The summed E-state index contributed by atoms with van der Waals surface area (Å²) >= 11 is 5.92. The van der Waals surface area contributed by atoms with Gasteiger partial charge in [0.15, 0.2) is 0 Å². The maximum Gasteiger partial charge on any atom is 0.123 e. The summed E-state index contributed by atoms with van der Waals surface area (Å²) in [5, 5.41) is 0.0768. The molecule has 0 fully saturated rings. The number of rotatable bonds is 4. The molecule has 1 aromatic carbocycles. The second-order valence-electron chi connectivity index (χ2n) is 3.80. The highest BCUT2D eigenvalue weighted by Gasteiger charge is 2.14. The summed E-state index contributed by atoms with van der Waals surface area (Å²) in [4.78, 5) is 0. The number of ether oxygens (including phenoxy) is 1. The van der Waals surface area contributed by atoms with Crippen molar-refractivity contribution < 1.29 is 9.13 Å². The van der Waals surface area contributed by atoms with E-state index >= 15 is 0 Å². The Balaban J connectivity index is 2.94. The van der Waals surface area contributed by atoms with Crippen molar-refractivity contribution in [2.45, 2.75) is 31.6 Å². The van der Waals surface area contributed by atoms with Crippen LogP contribution in [0.1, 0.15) is 31.7 Å². The van der Waals surface area contributed by atoms with Gasteiger partial charge in [-0.05, 0) is 43.0 Å². The molecule has 1 rings (SSSR count). The first-order valence-corrected chi connectivity index (χ1v) is 5.45. The maximum atomic E-state index is 13.1. The van der Waals surface area contributed by atoms with Crippen LogP contribution < -0.4 is 4.74 Å². The predicted molar refractivity (Wildman–Crippen MR) is 61.3 cm³/mol. The quantitative estimate of drug-likeness (QED) is 0.712. The third-order valence-corrected chi connectivity index (χ3v) is 2.58. The third kappa shape index (κ3) is 3.38. The number of benzene rings is 1. The molecule has 0 aliphatic heterocycles. The monoisotopic (exact) mass is 230 g/mol. The van der Waals surface area contributed by atoms with Crippen LogP contribution in [0.3, 0.4) is 0 Å². The van der Waals surface area contributed by atoms with Crippen molar-refractivity contribution in [3.63, 3.8) is 0 Å². The molecule has 0 radical (unpaired) electrons. The van der Waals surface area contributed by atoms with E-state index < -0.39 is 0 Å². The van der Waals surface area contributed by atoms with E-state index in [4.69, 9.17) is 16.3 Å². The summed E-state index contributed by atoms with van der Waals surface area (Å²) in [7, 11) is 1.59. The Labute approximate surface area is 95.2 Å². The molecule has 2 atom stereocenters. The fourth-order valence-corrected chi connectivity index (χ4v) is 1.97. The van der Waals surface area contributed by atoms with Gasteiger partial charge in [0.05, 0.1) is 7.11 Å². The van der Waals surface area contributed by atoms with Crippen molar-refractivity contribution in [1.29, 1.82) is 0 Å². The normalized spacial score (nSPS) is 14.7. The molecule has 0 amide bonds. The minimum atomic E-state index is -0.236. The average molecular weight is 231 g/mol. The van der Waals surface area contributed by atoms with Crippen molar-refractivity contribution in [2.75, 3.05) is 7.11 Å². The van der Waals surface area contributed by atoms with Gasteiger partial charge >= 0.3 is 0 Å². The van der Waals surface area contributed by atoms with E-state index in [1.807, 2.05) is 13.8 Å². The Morgan fingerprint density at radius 1 is 1.40 bits per heavy atom. The Morgan fingerprint density at radius 3 is 2.60 bits per heavy atom. The van der Waals surface area contributed by atoms with Crippen LogP contribution in [0.4, 0.5) is 4.39 Å². The molecule has 0 aromatic heterocycles. The molecule has 0 aliphatic rings. The molecule has 15 heavy (non-hydrogen) atoms. The highest BCUT2D eigenvalue weighted by Crippen LogP contribution is 2.31. The highest BCUT2D eigenvalue weighted by molar-refractivity contribution is 6.20. The largest absolute Gasteiger partial charge is 0.496 e. The van der Waals surface area contributed by atoms with Gasteiger partial charge in [-0.25, -0.2) is 4.39 Å². The van der Waals surface area contributed by atoms with Crippen molar-refractivity contribution in [3.8, 4) is 5.75 Å². The van der Waals surface area contributed by atoms with Gasteiger partial charge in [0, 0.05) is 5.38 Å². The van der Waals surface area contributed by atoms with Crippen molar-refractivity contribution >= 4 is 11.6 Å². The lowest BCUT2D eigenvalue weighted by atomic mass is 9.95. The average Bonchev–Trinajstić information content (AvgIpc) is 2.16. The smallest absolute Gasteiger partial charge is 0.123 e. The zero-order valence-electron chi connectivity index (χ0n) is 9.26. The summed E-state index contributed by atoms with van der Waals surface area (Å²) in [5.74, 6) is 0.684. The topological polar surface area (TPSA) is 9.23 Å². The van der Waals surface area contributed by atoms with E-state index in [1.54, 1.807) is 13.2 Å². The van der Waals surface area contributed by atoms with Gasteiger partial charge in [-0.15, -0.1) is 11.6 Å². The van der Waals surface area contributed by atoms with Crippen LogP contribution in [-0.2, 0) is 0 Å². The van der Waals surface area contributed by atoms with Gasteiger partial charge < -0.3 is 4.74 Å². The molecular formula is C12H16ClFO. The molecule has 0 N–H and O–H groups in total. The van der Waals surface area contributed by atoms with E-state index in [0.717, 1.165) is 17.7 Å². The molecule has 0 aliphatic carbocycles. The number of alkyl halides is 1. The predicted octanol–water partition coefficient (Wildman–Crippen LogP) is 3.96. The zero-order valence-corrected chi connectivity index (χ0v) is 10.0. The van der Waals surface area contributed by atoms with E-state index in [1.165, 1.54) is 12.1 Å². The summed E-state index contributed by atoms with van der Waals surface area (Å²) in [5.41, 5.74) is 0.880. The number of hydrogen-bond acceptors (Lipinski definition) is 1. The van der Waals surface area contributed by atoms with Crippen molar-refractivity contribution in [3.05, 3.63) is 29.6 Å². The molecule has 1 aromatic rings. The lowest BCUT2D eigenvalue weighted by Crippen LogP contribution is -2.03. The van der Waals surface area contributed by atoms with Crippen LogP contribution in [0, 0.1) is 5.82 Å². The second kappa shape index (κ2) is 5.36. The summed E-state index contributed by atoms with van der Waals surface area (Å²) in [6.07, 6.45) is 0.807. The van der Waals surface area contributed by atoms with Gasteiger partial charge in [-0.2, -0.15) is 0 Å². The van der Waals surface area contributed by atoms with Crippen LogP contribution in [0.5, 0.6) is 5.75 Å². The maximum absolute atomic E-state index is 13.1. The van der Waals surface area contributed by atoms with Crippen LogP contribution in [0.25, 0.3) is 0 Å². The summed E-state index contributed by atoms with van der Waals surface area (Å²) in [6.45, 7) is 3.96. The first-order valence-electron chi connectivity index (χ1n) is 5.02. The molecule has 0 saturated carbocycles. The standard InChI is InChI=1S/C12H16ClFO/c1-8(6-9(2)13)11-7-10(14)4-5-12(11)15-3/h4-5,7-9H,6H2,1-3H3. The van der Waals surface area contributed by atoms with Crippen molar-refractivity contribution in [1.82, 2.24) is 0 Å². The van der Waals surface area contributed by atoms with E-state index in [-0.39, 0.29) is 17.1 Å². The Morgan fingerprint density at radius 2 is 2.07 bits per heavy atom. The molecule has 0 bridgehead atoms. The first kappa shape index (κ1) is 12.3. The van der Waals surface area contributed by atoms with Gasteiger partial charge in [0.25, 0.3) is 0 Å². The van der Waals surface area contributed by atoms with Crippen LogP contribution in [-0.4, -0.2) is 12.5 Å². The Bertz CT molecular complexity index is 325. The first-order chi connectivity index (χ1) is 7.04. The van der Waals surface area contributed by atoms with Crippen LogP contribution in [0.15, 0.2) is 18.2 Å². The number of methoxy groups -OCH3 is 1. The minimum absolute atomic E-state index is 0.0768. The molecule has 0 heterocycles. The fraction of sp³-hybridized carbons (Fsp3) is 0.500. The molecule has 84 valence electrons. The van der Waals surface area contributed by atoms with Gasteiger partial charge in [0.2, 0.25) is 0 Å². The number of hydrogen-bond donors (Lipinski definition) is 0. The molecule has 0 saturated heterocycles. The van der Waals surface area contributed by atoms with E-state index in [9.17, 15) is 4.39 Å². The molecular weight excluding hydrogens is 215 g/mol. The zero-order chi connectivity index (χ0) is 11.4. The Hall–Kier alpha value is -0.760. The number of halogens is 2. The highest BCUT2D eigenvalue weighted by atomic mass is 35.5. The van der Waals surface area contributed by atoms with E-state index in [2.05, 4.69) is 0 Å². The molecule has 3 heteroatoms. The summed E-state index contributed by atoms with van der Waals surface area (Å²) in [6, 6.07) is 4.57.